The highest BCUT2D eigenvalue weighted by molar-refractivity contribution is 7.11. The number of fused-ring (bicyclic) bond motifs is 1. The predicted molar refractivity (Wildman–Crippen MR) is 116 cm³/mol. The Bertz CT molecular complexity index is 842. The SMILES string of the molecule is Cc1cc(F)ccc1NC(=O)CC[C@@H]1CCCN(Cc2nc3c(s2)CCCC3)C1. The third-order valence-electron chi connectivity index (χ3n) is 6.09. The lowest BCUT2D eigenvalue weighted by Gasteiger charge is -2.32. The second kappa shape index (κ2) is 9.35. The maximum atomic E-state index is 13.2. The molecule has 2 aliphatic rings. The molecule has 1 atom stereocenters. The normalized spacial score (nSPS) is 19.7. The number of carbonyl (C=O) groups excluding carboxylic acids is 1. The summed E-state index contributed by atoms with van der Waals surface area (Å²) in [4.78, 5) is 21.3. The molecule has 0 bridgehead atoms. The van der Waals surface area contributed by atoms with Crippen LogP contribution in [0.25, 0.3) is 0 Å². The molecule has 4 nitrogen and oxygen atoms in total. The molecule has 1 aromatic carbocycles. The molecule has 6 heteroatoms. The van der Waals surface area contributed by atoms with Gasteiger partial charge >= 0.3 is 0 Å². The number of hydrogen-bond acceptors (Lipinski definition) is 4. The number of anilines is 1. The van der Waals surface area contributed by atoms with Crippen molar-refractivity contribution >= 4 is 22.9 Å². The molecule has 1 N–H and O–H groups in total. The molecule has 1 aliphatic heterocycles. The Morgan fingerprint density at radius 1 is 1.31 bits per heavy atom. The second-order valence-electron chi connectivity index (χ2n) is 8.47. The summed E-state index contributed by atoms with van der Waals surface area (Å²) < 4.78 is 13.2. The van der Waals surface area contributed by atoms with Crippen LogP contribution in [-0.2, 0) is 24.2 Å². The van der Waals surface area contributed by atoms with Crippen molar-refractivity contribution in [2.45, 2.75) is 64.8 Å². The van der Waals surface area contributed by atoms with E-state index in [1.165, 1.54) is 59.8 Å². The molecule has 0 radical (unpaired) electrons. The van der Waals surface area contributed by atoms with Crippen LogP contribution in [0.1, 0.15) is 59.7 Å². The van der Waals surface area contributed by atoms with E-state index in [2.05, 4.69) is 10.2 Å². The lowest BCUT2D eigenvalue weighted by molar-refractivity contribution is -0.116. The van der Waals surface area contributed by atoms with E-state index in [1.54, 1.807) is 6.07 Å². The van der Waals surface area contributed by atoms with Gasteiger partial charge in [0.15, 0.2) is 0 Å². The van der Waals surface area contributed by atoms with Crippen LogP contribution in [0.5, 0.6) is 0 Å². The van der Waals surface area contributed by atoms with Crippen LogP contribution < -0.4 is 5.32 Å². The summed E-state index contributed by atoms with van der Waals surface area (Å²) in [6.45, 7) is 4.94. The first-order valence-electron chi connectivity index (χ1n) is 10.8. The molecule has 1 aliphatic carbocycles. The molecule has 2 aromatic rings. The molecule has 0 spiro atoms. The van der Waals surface area contributed by atoms with Crippen LogP contribution in [0.2, 0.25) is 0 Å². The van der Waals surface area contributed by atoms with Gasteiger partial charge in [-0.1, -0.05) is 0 Å². The first-order chi connectivity index (χ1) is 14.1. The van der Waals surface area contributed by atoms with Gasteiger partial charge in [-0.3, -0.25) is 9.69 Å². The summed E-state index contributed by atoms with van der Waals surface area (Å²) in [6.07, 6.45) is 8.73. The maximum Gasteiger partial charge on any atom is 0.224 e. The summed E-state index contributed by atoms with van der Waals surface area (Å²) in [5.41, 5.74) is 2.81. The second-order valence-corrected chi connectivity index (χ2v) is 9.64. The number of aromatic nitrogens is 1. The Balaban J connectivity index is 1.25. The molecule has 29 heavy (non-hydrogen) atoms. The predicted octanol–water partition coefficient (Wildman–Crippen LogP) is 5.10. The Kier molecular flexibility index (Phi) is 6.60. The first kappa shape index (κ1) is 20.5. The number of amides is 1. The lowest BCUT2D eigenvalue weighted by Crippen LogP contribution is -2.35. The number of halogens is 1. The van der Waals surface area contributed by atoms with Crippen molar-refractivity contribution in [3.63, 3.8) is 0 Å². The number of carbonyl (C=O) groups is 1. The van der Waals surface area contributed by atoms with Crippen molar-refractivity contribution in [3.8, 4) is 0 Å². The van der Waals surface area contributed by atoms with Gasteiger partial charge in [-0.15, -0.1) is 11.3 Å². The summed E-state index contributed by atoms with van der Waals surface area (Å²) in [5.74, 6) is 0.298. The van der Waals surface area contributed by atoms with E-state index in [9.17, 15) is 9.18 Å². The Morgan fingerprint density at radius 3 is 3.00 bits per heavy atom. The molecule has 0 saturated carbocycles. The minimum absolute atomic E-state index is 0.0180. The first-order valence-corrected chi connectivity index (χ1v) is 11.6. The monoisotopic (exact) mass is 415 g/mol. The van der Waals surface area contributed by atoms with Crippen LogP contribution in [0.3, 0.4) is 0 Å². The van der Waals surface area contributed by atoms with Crippen LogP contribution in [0, 0.1) is 18.7 Å². The van der Waals surface area contributed by atoms with Gasteiger partial charge in [0.1, 0.15) is 10.8 Å². The van der Waals surface area contributed by atoms with Crippen LogP contribution >= 0.6 is 11.3 Å². The Hall–Kier alpha value is -1.79. The van der Waals surface area contributed by atoms with Crippen molar-refractivity contribution < 1.29 is 9.18 Å². The quantitative estimate of drug-likeness (QED) is 0.714. The van der Waals surface area contributed by atoms with Gasteiger partial charge in [0.05, 0.1) is 12.2 Å². The zero-order valence-electron chi connectivity index (χ0n) is 17.2. The van der Waals surface area contributed by atoms with Gasteiger partial charge in [-0.25, -0.2) is 9.37 Å². The molecular weight excluding hydrogens is 385 g/mol. The number of aryl methyl sites for hydroxylation is 3. The van der Waals surface area contributed by atoms with Crippen LogP contribution in [0.4, 0.5) is 10.1 Å². The summed E-state index contributed by atoms with van der Waals surface area (Å²) in [6, 6.07) is 4.47. The van der Waals surface area contributed by atoms with E-state index in [0.717, 1.165) is 38.0 Å². The maximum absolute atomic E-state index is 13.2. The smallest absolute Gasteiger partial charge is 0.224 e. The fraction of sp³-hybridized carbons (Fsp3) is 0.565. The number of thiazole rings is 1. The molecule has 0 unspecified atom stereocenters. The number of benzene rings is 1. The van der Waals surface area contributed by atoms with Crippen molar-refractivity contribution in [2.24, 2.45) is 5.92 Å². The van der Waals surface area contributed by atoms with E-state index in [-0.39, 0.29) is 11.7 Å². The van der Waals surface area contributed by atoms with E-state index >= 15 is 0 Å². The minimum atomic E-state index is -0.274. The summed E-state index contributed by atoms with van der Waals surface area (Å²) in [5, 5.41) is 4.19. The highest BCUT2D eigenvalue weighted by Gasteiger charge is 2.23. The minimum Gasteiger partial charge on any atom is -0.326 e. The third kappa shape index (κ3) is 5.43. The third-order valence-corrected chi connectivity index (χ3v) is 7.24. The van der Waals surface area contributed by atoms with E-state index in [1.807, 2.05) is 18.3 Å². The van der Waals surface area contributed by atoms with Gasteiger partial charge < -0.3 is 5.32 Å². The fourth-order valence-corrected chi connectivity index (χ4v) is 5.71. The van der Waals surface area contributed by atoms with Gasteiger partial charge in [-0.2, -0.15) is 0 Å². The molecule has 1 fully saturated rings. The van der Waals surface area contributed by atoms with Crippen molar-refractivity contribution in [3.05, 3.63) is 45.2 Å². The zero-order valence-corrected chi connectivity index (χ0v) is 18.0. The zero-order chi connectivity index (χ0) is 20.2. The molecule has 156 valence electrons. The molecule has 1 aromatic heterocycles. The summed E-state index contributed by atoms with van der Waals surface area (Å²) in [7, 11) is 0. The number of likely N-dealkylation sites (tertiary alicyclic amines) is 1. The number of nitrogens with zero attached hydrogens (tertiary/aromatic N) is 2. The van der Waals surface area contributed by atoms with Gasteiger partial charge in [0.25, 0.3) is 0 Å². The molecular formula is C23H30FN3OS. The molecule has 1 amide bonds. The average Bonchev–Trinajstić information content (AvgIpc) is 3.11. The number of nitrogens with one attached hydrogen (secondary N) is 1. The van der Waals surface area contributed by atoms with E-state index < -0.39 is 0 Å². The number of hydrogen-bond donors (Lipinski definition) is 1. The topological polar surface area (TPSA) is 45.2 Å². The number of piperidine rings is 1. The summed E-state index contributed by atoms with van der Waals surface area (Å²) >= 11 is 1.91. The van der Waals surface area contributed by atoms with Crippen molar-refractivity contribution in [1.82, 2.24) is 9.88 Å². The van der Waals surface area contributed by atoms with E-state index in [4.69, 9.17) is 4.98 Å². The fourth-order valence-electron chi connectivity index (χ4n) is 4.51. The molecule has 4 rings (SSSR count). The lowest BCUT2D eigenvalue weighted by atomic mass is 9.93. The Labute approximate surface area is 176 Å². The van der Waals surface area contributed by atoms with Gasteiger partial charge in [0, 0.05) is 23.5 Å². The van der Waals surface area contributed by atoms with E-state index in [0.29, 0.717) is 18.0 Å². The van der Waals surface area contributed by atoms with Crippen molar-refractivity contribution in [2.75, 3.05) is 18.4 Å². The average molecular weight is 416 g/mol. The van der Waals surface area contributed by atoms with Crippen molar-refractivity contribution in [1.29, 1.82) is 0 Å². The van der Waals surface area contributed by atoms with Crippen LogP contribution in [-0.4, -0.2) is 28.9 Å². The van der Waals surface area contributed by atoms with Gasteiger partial charge in [0.2, 0.25) is 5.91 Å². The largest absolute Gasteiger partial charge is 0.326 e. The Morgan fingerprint density at radius 2 is 2.17 bits per heavy atom. The standard InChI is InChI=1S/C23H30FN3OS/c1-16-13-18(24)9-10-19(16)25-22(28)11-8-17-5-4-12-27(14-17)15-23-26-20-6-2-3-7-21(20)29-23/h9-10,13,17H,2-8,11-12,14-15H2,1H3,(H,25,28)/t17-/m0/s1. The molecule has 2 heterocycles. The van der Waals surface area contributed by atoms with Crippen LogP contribution in [0.15, 0.2) is 18.2 Å². The highest BCUT2D eigenvalue weighted by atomic mass is 32.1. The van der Waals surface area contributed by atoms with Gasteiger partial charge in [-0.05, 0) is 88.1 Å². The highest BCUT2D eigenvalue weighted by Crippen LogP contribution is 2.29. The molecule has 1 saturated heterocycles. The number of rotatable bonds is 6.